The van der Waals surface area contributed by atoms with Gasteiger partial charge in [0.05, 0.1) is 14.2 Å². The molecular formula is C17H20N2O2. The summed E-state index contributed by atoms with van der Waals surface area (Å²) in [5.41, 5.74) is 3.22. The minimum absolute atomic E-state index is 0.694. The number of hydrogen-bond donors (Lipinski definition) is 1. The topological polar surface area (TPSA) is 43.4 Å². The Labute approximate surface area is 125 Å². The molecule has 0 saturated heterocycles. The van der Waals surface area contributed by atoms with Crippen molar-refractivity contribution in [1.82, 2.24) is 10.3 Å². The summed E-state index contributed by atoms with van der Waals surface area (Å²) in [5.74, 6) is 1.48. The maximum atomic E-state index is 5.50. The second kappa shape index (κ2) is 6.14. The van der Waals surface area contributed by atoms with Crippen LogP contribution in [0.1, 0.15) is 18.4 Å². The van der Waals surface area contributed by atoms with Crippen molar-refractivity contribution in [2.24, 2.45) is 0 Å². The number of benzene rings is 1. The highest BCUT2D eigenvalue weighted by Gasteiger charge is 2.20. The van der Waals surface area contributed by atoms with Crippen LogP contribution in [-0.4, -0.2) is 25.2 Å². The summed E-state index contributed by atoms with van der Waals surface area (Å²) in [7, 11) is 3.31. The average Bonchev–Trinajstić information content (AvgIpc) is 3.36. The molecule has 1 fully saturated rings. The quantitative estimate of drug-likeness (QED) is 0.885. The molecule has 1 aliphatic rings. The first-order valence-corrected chi connectivity index (χ1v) is 7.20. The number of nitrogens with zero attached hydrogens (tertiary/aromatic N) is 1. The Balaban J connectivity index is 1.90. The highest BCUT2D eigenvalue weighted by Crippen LogP contribution is 2.37. The maximum Gasteiger partial charge on any atom is 0.168 e. The molecular weight excluding hydrogens is 264 g/mol. The van der Waals surface area contributed by atoms with Crippen molar-refractivity contribution in [3.8, 4) is 22.6 Å². The molecule has 1 aliphatic carbocycles. The minimum Gasteiger partial charge on any atom is -0.493 e. The highest BCUT2D eigenvalue weighted by atomic mass is 16.5. The van der Waals surface area contributed by atoms with Crippen molar-refractivity contribution in [3.63, 3.8) is 0 Å². The second-order valence-electron chi connectivity index (χ2n) is 5.28. The Kier molecular flexibility index (Phi) is 4.06. The van der Waals surface area contributed by atoms with Gasteiger partial charge in [0.2, 0.25) is 0 Å². The van der Waals surface area contributed by atoms with Gasteiger partial charge in [-0.3, -0.25) is 4.98 Å². The van der Waals surface area contributed by atoms with E-state index in [1.165, 1.54) is 18.4 Å². The van der Waals surface area contributed by atoms with Gasteiger partial charge in [-0.2, -0.15) is 0 Å². The second-order valence-corrected chi connectivity index (χ2v) is 5.28. The van der Waals surface area contributed by atoms with E-state index in [4.69, 9.17) is 9.47 Å². The van der Waals surface area contributed by atoms with E-state index in [0.717, 1.165) is 29.2 Å². The van der Waals surface area contributed by atoms with Gasteiger partial charge < -0.3 is 14.8 Å². The molecule has 3 rings (SSSR count). The van der Waals surface area contributed by atoms with Crippen molar-refractivity contribution in [2.75, 3.05) is 14.2 Å². The van der Waals surface area contributed by atoms with Gasteiger partial charge in [0.25, 0.3) is 0 Å². The SMILES string of the molecule is COc1cccc(-c2cncc(CNC3CC3)c2)c1OC. The largest absolute Gasteiger partial charge is 0.493 e. The zero-order valence-electron chi connectivity index (χ0n) is 12.4. The van der Waals surface area contributed by atoms with E-state index < -0.39 is 0 Å². The van der Waals surface area contributed by atoms with Crippen LogP contribution in [0.3, 0.4) is 0 Å². The molecule has 0 radical (unpaired) electrons. The molecule has 110 valence electrons. The molecule has 4 nitrogen and oxygen atoms in total. The summed E-state index contributed by atoms with van der Waals surface area (Å²) in [6.07, 6.45) is 6.34. The first kappa shape index (κ1) is 13.9. The zero-order valence-corrected chi connectivity index (χ0v) is 12.4. The fraction of sp³-hybridized carbons (Fsp3) is 0.353. The molecule has 1 N–H and O–H groups in total. The van der Waals surface area contributed by atoms with E-state index >= 15 is 0 Å². The van der Waals surface area contributed by atoms with E-state index in [2.05, 4.69) is 16.4 Å². The van der Waals surface area contributed by atoms with Crippen LogP contribution in [0.2, 0.25) is 0 Å². The van der Waals surface area contributed by atoms with Crippen LogP contribution in [0.15, 0.2) is 36.7 Å². The third-order valence-electron chi connectivity index (χ3n) is 3.68. The van der Waals surface area contributed by atoms with Crippen molar-refractivity contribution in [3.05, 3.63) is 42.2 Å². The molecule has 0 amide bonds. The number of aromatic nitrogens is 1. The van der Waals surface area contributed by atoms with Crippen LogP contribution in [0.5, 0.6) is 11.5 Å². The van der Waals surface area contributed by atoms with Gasteiger partial charge in [-0.15, -0.1) is 0 Å². The maximum absolute atomic E-state index is 5.50. The third kappa shape index (κ3) is 3.16. The first-order valence-electron chi connectivity index (χ1n) is 7.20. The summed E-state index contributed by atoms with van der Waals surface area (Å²) in [5, 5.41) is 3.51. The van der Waals surface area contributed by atoms with Crippen LogP contribution in [-0.2, 0) is 6.54 Å². The lowest BCUT2D eigenvalue weighted by atomic mass is 10.0. The van der Waals surface area contributed by atoms with Gasteiger partial charge >= 0.3 is 0 Å². The molecule has 0 bridgehead atoms. The number of rotatable bonds is 6. The molecule has 0 spiro atoms. The number of hydrogen-bond acceptors (Lipinski definition) is 4. The summed E-state index contributed by atoms with van der Waals surface area (Å²) in [6, 6.07) is 8.73. The zero-order chi connectivity index (χ0) is 14.7. The Morgan fingerprint density at radius 1 is 1.19 bits per heavy atom. The fourth-order valence-electron chi connectivity index (χ4n) is 2.40. The van der Waals surface area contributed by atoms with Crippen LogP contribution >= 0.6 is 0 Å². The van der Waals surface area contributed by atoms with E-state index in [-0.39, 0.29) is 0 Å². The summed E-state index contributed by atoms with van der Waals surface area (Å²) >= 11 is 0. The van der Waals surface area contributed by atoms with E-state index in [0.29, 0.717) is 6.04 Å². The Morgan fingerprint density at radius 2 is 2.05 bits per heavy atom. The standard InChI is InChI=1S/C17H20N2O2/c1-20-16-5-3-4-15(17(16)21-2)13-8-12(9-18-11-13)10-19-14-6-7-14/h3-5,8-9,11,14,19H,6-7,10H2,1-2H3. The minimum atomic E-state index is 0.694. The molecule has 1 heterocycles. The van der Waals surface area contributed by atoms with E-state index in [1.54, 1.807) is 14.2 Å². The Bertz CT molecular complexity index is 624. The molecule has 0 aliphatic heterocycles. The predicted molar refractivity (Wildman–Crippen MR) is 82.6 cm³/mol. The smallest absolute Gasteiger partial charge is 0.168 e. The Hall–Kier alpha value is -2.07. The molecule has 2 aromatic rings. The summed E-state index contributed by atoms with van der Waals surface area (Å²) in [4.78, 5) is 4.35. The van der Waals surface area contributed by atoms with Crippen LogP contribution in [0, 0.1) is 0 Å². The molecule has 21 heavy (non-hydrogen) atoms. The average molecular weight is 284 g/mol. The summed E-state index contributed by atoms with van der Waals surface area (Å²) < 4.78 is 10.9. The molecule has 0 unspecified atom stereocenters. The molecule has 1 aromatic carbocycles. The third-order valence-corrected chi connectivity index (χ3v) is 3.68. The van der Waals surface area contributed by atoms with Crippen LogP contribution in [0.25, 0.3) is 11.1 Å². The predicted octanol–water partition coefficient (Wildman–Crippen LogP) is 3.02. The van der Waals surface area contributed by atoms with Gasteiger partial charge in [0.1, 0.15) is 0 Å². The number of methoxy groups -OCH3 is 2. The monoisotopic (exact) mass is 284 g/mol. The molecule has 4 heteroatoms. The highest BCUT2D eigenvalue weighted by molar-refractivity contribution is 5.73. The number of nitrogens with one attached hydrogen (secondary N) is 1. The van der Waals surface area contributed by atoms with Crippen molar-refractivity contribution in [1.29, 1.82) is 0 Å². The van der Waals surface area contributed by atoms with Crippen LogP contribution in [0.4, 0.5) is 0 Å². The van der Waals surface area contributed by atoms with Crippen LogP contribution < -0.4 is 14.8 Å². The summed E-state index contributed by atoms with van der Waals surface area (Å²) in [6.45, 7) is 0.859. The number of ether oxygens (including phenoxy) is 2. The molecule has 0 atom stereocenters. The van der Waals surface area contributed by atoms with Crippen molar-refractivity contribution >= 4 is 0 Å². The van der Waals surface area contributed by atoms with E-state index in [9.17, 15) is 0 Å². The van der Waals surface area contributed by atoms with E-state index in [1.807, 2.05) is 30.6 Å². The van der Waals surface area contributed by atoms with Gasteiger partial charge in [-0.05, 0) is 30.5 Å². The number of pyridine rings is 1. The lowest BCUT2D eigenvalue weighted by molar-refractivity contribution is 0.356. The van der Waals surface area contributed by atoms with Gasteiger partial charge in [0, 0.05) is 36.1 Å². The van der Waals surface area contributed by atoms with Crippen molar-refractivity contribution < 1.29 is 9.47 Å². The Morgan fingerprint density at radius 3 is 2.76 bits per heavy atom. The lowest BCUT2D eigenvalue weighted by Crippen LogP contribution is -2.15. The number of para-hydroxylation sites is 1. The molecule has 1 aromatic heterocycles. The van der Waals surface area contributed by atoms with Gasteiger partial charge in [-0.1, -0.05) is 12.1 Å². The first-order chi connectivity index (χ1) is 10.3. The fourth-order valence-corrected chi connectivity index (χ4v) is 2.40. The van der Waals surface area contributed by atoms with Gasteiger partial charge in [0.15, 0.2) is 11.5 Å². The lowest BCUT2D eigenvalue weighted by Gasteiger charge is -2.13. The molecule has 1 saturated carbocycles. The van der Waals surface area contributed by atoms with Crippen molar-refractivity contribution in [2.45, 2.75) is 25.4 Å². The normalized spacial score (nSPS) is 14.0. The van der Waals surface area contributed by atoms with Gasteiger partial charge in [-0.25, -0.2) is 0 Å².